The first-order valence-electron chi connectivity index (χ1n) is 12.1. The number of carbonyl (C=O) groups excluding carboxylic acids is 2. The second-order valence-electron chi connectivity index (χ2n) is 8.04. The molecule has 0 spiro atoms. The standard InChI is InChI=1S/C26H42O4/c1-3-5-6-7-12-17-22-29-25(27)20-13-10-8-9-11-14-21-26(28)30-24-19-16-15-18-23(24)4-2/h15-16,18-19H,3-14,17,20-22H2,1-2H3. The minimum atomic E-state index is -0.149. The molecule has 0 aliphatic rings. The molecule has 4 nitrogen and oxygen atoms in total. The van der Waals surface area contributed by atoms with Crippen molar-refractivity contribution in [2.24, 2.45) is 0 Å². The molecule has 0 radical (unpaired) electrons. The number of hydrogen-bond donors (Lipinski definition) is 0. The van der Waals surface area contributed by atoms with Gasteiger partial charge < -0.3 is 9.47 Å². The van der Waals surface area contributed by atoms with Crippen molar-refractivity contribution >= 4 is 11.9 Å². The van der Waals surface area contributed by atoms with Gasteiger partial charge in [0.15, 0.2) is 0 Å². The van der Waals surface area contributed by atoms with Crippen LogP contribution in [-0.4, -0.2) is 18.5 Å². The highest BCUT2D eigenvalue weighted by Gasteiger charge is 2.08. The number of benzene rings is 1. The van der Waals surface area contributed by atoms with Gasteiger partial charge in [-0.1, -0.05) is 89.8 Å². The third-order valence-electron chi connectivity index (χ3n) is 5.35. The number of unbranched alkanes of at least 4 members (excludes halogenated alkanes) is 10. The molecular formula is C26H42O4. The highest BCUT2D eigenvalue weighted by Crippen LogP contribution is 2.19. The average Bonchev–Trinajstić information content (AvgIpc) is 2.75. The summed E-state index contributed by atoms with van der Waals surface area (Å²) in [5, 5.41) is 0. The van der Waals surface area contributed by atoms with Gasteiger partial charge in [0.05, 0.1) is 6.61 Å². The first-order chi connectivity index (χ1) is 14.7. The van der Waals surface area contributed by atoms with Crippen LogP contribution in [0.4, 0.5) is 0 Å². The van der Waals surface area contributed by atoms with Crippen LogP contribution in [0.2, 0.25) is 0 Å². The second kappa shape index (κ2) is 18.0. The molecule has 1 aromatic carbocycles. The highest BCUT2D eigenvalue weighted by molar-refractivity contribution is 5.72. The first kappa shape index (κ1) is 26.2. The van der Waals surface area contributed by atoms with Gasteiger partial charge in [-0.25, -0.2) is 0 Å². The zero-order valence-corrected chi connectivity index (χ0v) is 19.3. The third-order valence-corrected chi connectivity index (χ3v) is 5.35. The maximum atomic E-state index is 12.0. The number of aryl methyl sites for hydroxylation is 1. The Labute approximate surface area is 183 Å². The van der Waals surface area contributed by atoms with Gasteiger partial charge >= 0.3 is 11.9 Å². The van der Waals surface area contributed by atoms with E-state index in [1.807, 2.05) is 24.3 Å². The lowest BCUT2D eigenvalue weighted by atomic mass is 10.1. The summed E-state index contributed by atoms with van der Waals surface area (Å²) in [7, 11) is 0. The fraction of sp³-hybridized carbons (Fsp3) is 0.692. The number of esters is 2. The van der Waals surface area contributed by atoms with E-state index < -0.39 is 0 Å². The first-order valence-corrected chi connectivity index (χ1v) is 12.1. The SMILES string of the molecule is CCCCCCCCOC(=O)CCCCCCCCC(=O)Oc1ccccc1CC. The summed E-state index contributed by atoms with van der Waals surface area (Å²) in [6.07, 6.45) is 15.1. The minimum absolute atomic E-state index is 0.0568. The second-order valence-corrected chi connectivity index (χ2v) is 8.04. The van der Waals surface area contributed by atoms with Gasteiger partial charge in [0.2, 0.25) is 0 Å². The fourth-order valence-electron chi connectivity index (χ4n) is 3.46. The summed E-state index contributed by atoms with van der Waals surface area (Å²) in [5.74, 6) is 0.482. The van der Waals surface area contributed by atoms with Crippen LogP contribution < -0.4 is 4.74 Å². The van der Waals surface area contributed by atoms with Gasteiger partial charge in [-0.2, -0.15) is 0 Å². The van der Waals surface area contributed by atoms with Crippen molar-refractivity contribution < 1.29 is 19.1 Å². The van der Waals surface area contributed by atoms with Crippen LogP contribution in [0.3, 0.4) is 0 Å². The maximum Gasteiger partial charge on any atom is 0.311 e. The quantitative estimate of drug-likeness (QED) is 0.144. The van der Waals surface area contributed by atoms with Crippen LogP contribution in [0.15, 0.2) is 24.3 Å². The largest absolute Gasteiger partial charge is 0.466 e. The fourth-order valence-corrected chi connectivity index (χ4v) is 3.46. The van der Waals surface area contributed by atoms with Crippen molar-refractivity contribution in [3.63, 3.8) is 0 Å². The molecular weight excluding hydrogens is 376 g/mol. The van der Waals surface area contributed by atoms with Gasteiger partial charge in [-0.05, 0) is 37.3 Å². The molecule has 1 aromatic rings. The topological polar surface area (TPSA) is 52.6 Å². The van der Waals surface area contributed by atoms with Crippen molar-refractivity contribution in [2.75, 3.05) is 6.61 Å². The summed E-state index contributed by atoms with van der Waals surface area (Å²) in [5.41, 5.74) is 1.07. The van der Waals surface area contributed by atoms with E-state index in [1.165, 1.54) is 25.7 Å². The van der Waals surface area contributed by atoms with Crippen LogP contribution in [0, 0.1) is 0 Å². The minimum Gasteiger partial charge on any atom is -0.466 e. The van der Waals surface area contributed by atoms with E-state index >= 15 is 0 Å². The van der Waals surface area contributed by atoms with E-state index in [2.05, 4.69) is 13.8 Å². The maximum absolute atomic E-state index is 12.0. The summed E-state index contributed by atoms with van der Waals surface area (Å²) < 4.78 is 10.8. The molecule has 0 fully saturated rings. The normalized spacial score (nSPS) is 10.7. The third kappa shape index (κ3) is 13.4. The van der Waals surface area contributed by atoms with Gasteiger partial charge in [0, 0.05) is 12.8 Å². The van der Waals surface area contributed by atoms with Crippen molar-refractivity contribution in [1.29, 1.82) is 0 Å². The van der Waals surface area contributed by atoms with E-state index in [9.17, 15) is 9.59 Å². The lowest BCUT2D eigenvalue weighted by molar-refractivity contribution is -0.144. The monoisotopic (exact) mass is 418 g/mol. The number of ether oxygens (including phenoxy) is 2. The van der Waals surface area contributed by atoms with Crippen molar-refractivity contribution in [1.82, 2.24) is 0 Å². The molecule has 0 bridgehead atoms. The Balaban J connectivity index is 1.92. The van der Waals surface area contributed by atoms with E-state index in [0.717, 1.165) is 63.4 Å². The summed E-state index contributed by atoms with van der Waals surface area (Å²) in [6.45, 7) is 4.85. The van der Waals surface area contributed by atoms with Crippen molar-refractivity contribution in [3.05, 3.63) is 29.8 Å². The number of para-hydroxylation sites is 1. The predicted octanol–water partition coefficient (Wildman–Crippen LogP) is 7.18. The Morgan fingerprint density at radius 3 is 1.93 bits per heavy atom. The molecule has 0 aliphatic heterocycles. The Morgan fingerprint density at radius 2 is 1.27 bits per heavy atom. The van der Waals surface area contributed by atoms with Crippen LogP contribution >= 0.6 is 0 Å². The van der Waals surface area contributed by atoms with Crippen LogP contribution in [0.1, 0.15) is 109 Å². The van der Waals surface area contributed by atoms with Crippen LogP contribution in [0.5, 0.6) is 5.75 Å². The van der Waals surface area contributed by atoms with Gasteiger partial charge in [-0.15, -0.1) is 0 Å². The van der Waals surface area contributed by atoms with E-state index in [1.54, 1.807) is 0 Å². The van der Waals surface area contributed by atoms with Gasteiger partial charge in [-0.3, -0.25) is 9.59 Å². The molecule has 4 heteroatoms. The Morgan fingerprint density at radius 1 is 0.700 bits per heavy atom. The average molecular weight is 419 g/mol. The summed E-state index contributed by atoms with van der Waals surface area (Å²) in [6, 6.07) is 7.71. The molecule has 0 heterocycles. The predicted molar refractivity (Wildman–Crippen MR) is 123 cm³/mol. The van der Waals surface area contributed by atoms with E-state index in [4.69, 9.17) is 9.47 Å². The number of carbonyl (C=O) groups is 2. The van der Waals surface area contributed by atoms with Gasteiger partial charge in [0.25, 0.3) is 0 Å². The zero-order valence-electron chi connectivity index (χ0n) is 19.3. The van der Waals surface area contributed by atoms with Crippen molar-refractivity contribution in [2.45, 2.75) is 110 Å². The molecule has 0 unspecified atom stereocenters. The lowest BCUT2D eigenvalue weighted by Gasteiger charge is -2.08. The molecule has 0 aliphatic carbocycles. The zero-order chi connectivity index (χ0) is 21.9. The van der Waals surface area contributed by atoms with Gasteiger partial charge in [0.1, 0.15) is 5.75 Å². The molecule has 0 saturated carbocycles. The molecule has 170 valence electrons. The number of rotatable bonds is 18. The lowest BCUT2D eigenvalue weighted by Crippen LogP contribution is -2.08. The smallest absolute Gasteiger partial charge is 0.311 e. The highest BCUT2D eigenvalue weighted by atomic mass is 16.5. The van der Waals surface area contributed by atoms with E-state index in [-0.39, 0.29) is 11.9 Å². The molecule has 0 atom stereocenters. The number of hydrogen-bond acceptors (Lipinski definition) is 4. The Kier molecular flexibility index (Phi) is 15.7. The summed E-state index contributed by atoms with van der Waals surface area (Å²) >= 11 is 0. The van der Waals surface area contributed by atoms with Crippen LogP contribution in [0.25, 0.3) is 0 Å². The Hall–Kier alpha value is -1.84. The Bertz CT molecular complexity index is 582. The molecule has 30 heavy (non-hydrogen) atoms. The van der Waals surface area contributed by atoms with Crippen LogP contribution in [-0.2, 0) is 20.7 Å². The molecule has 1 rings (SSSR count). The molecule has 0 aromatic heterocycles. The molecule has 0 N–H and O–H groups in total. The molecule has 0 amide bonds. The summed E-state index contributed by atoms with van der Waals surface area (Å²) in [4.78, 5) is 23.7. The van der Waals surface area contributed by atoms with Crippen molar-refractivity contribution in [3.8, 4) is 5.75 Å². The molecule has 0 saturated heterocycles. The van der Waals surface area contributed by atoms with E-state index in [0.29, 0.717) is 25.2 Å².